The van der Waals surface area contributed by atoms with E-state index in [9.17, 15) is 0 Å². The minimum atomic E-state index is -2.55. The Balaban J connectivity index is 0.889. The van der Waals surface area contributed by atoms with Crippen molar-refractivity contribution in [3.05, 3.63) is 0 Å². The highest BCUT2D eigenvalue weighted by atomic mass is 28.5. The Morgan fingerprint density at radius 1 is 0.333 bits per heavy atom. The highest BCUT2D eigenvalue weighted by molar-refractivity contribution is 6.93. The summed E-state index contributed by atoms with van der Waals surface area (Å²) >= 11 is 0. The fourth-order valence-electron chi connectivity index (χ4n) is 11.5. The van der Waals surface area contributed by atoms with Gasteiger partial charge >= 0.3 is 34.2 Å². The van der Waals surface area contributed by atoms with Gasteiger partial charge in [-0.15, -0.1) is 0 Å². The van der Waals surface area contributed by atoms with E-state index in [0.717, 1.165) is 47.8 Å². The van der Waals surface area contributed by atoms with Crippen LogP contribution in [0.5, 0.6) is 0 Å². The van der Waals surface area contributed by atoms with Crippen LogP contribution in [0.25, 0.3) is 0 Å². The molecule has 0 N–H and O–H groups in total. The van der Waals surface area contributed by atoms with E-state index < -0.39 is 34.2 Å². The summed E-state index contributed by atoms with van der Waals surface area (Å²) in [4.78, 5) is 0. The van der Waals surface area contributed by atoms with E-state index in [1.807, 2.05) is 0 Å². The molecule has 5 aliphatic heterocycles. The summed E-state index contributed by atoms with van der Waals surface area (Å²) in [6.45, 7) is 9.58. The normalized spacial score (nSPS) is 54.2. The van der Waals surface area contributed by atoms with E-state index >= 15 is 0 Å². The molecule has 9 rings (SSSR count). The highest BCUT2D eigenvalue weighted by Crippen LogP contribution is 2.48. The van der Waals surface area contributed by atoms with E-state index in [2.05, 4.69) is 26.2 Å². The molecule has 0 aromatic carbocycles. The second kappa shape index (κ2) is 13.1. The first-order chi connectivity index (χ1) is 23.0. The Bertz CT molecular complexity index is 955. The van der Waals surface area contributed by atoms with Crippen LogP contribution in [0.1, 0.15) is 103 Å². The summed E-state index contributed by atoms with van der Waals surface area (Å²) in [5.74, 6) is 3.26. The average molecular weight is 737 g/mol. The lowest BCUT2D eigenvalue weighted by Gasteiger charge is -2.50. The highest BCUT2D eigenvalue weighted by Gasteiger charge is 2.57. The van der Waals surface area contributed by atoms with Crippen molar-refractivity contribution in [2.45, 2.75) is 202 Å². The molecular weight excluding hydrogens is 673 g/mol. The van der Waals surface area contributed by atoms with Crippen LogP contribution in [-0.4, -0.2) is 83.1 Å². The Labute approximate surface area is 294 Å². The third-order valence-electron chi connectivity index (χ3n) is 14.0. The van der Waals surface area contributed by atoms with Gasteiger partial charge in [-0.05, 0) is 125 Å². The molecule has 8 nitrogen and oxygen atoms in total. The third kappa shape index (κ3) is 8.20. The van der Waals surface area contributed by atoms with Gasteiger partial charge in [0.1, 0.15) is 0 Å². The van der Waals surface area contributed by atoms with E-state index in [-0.39, 0.29) is 0 Å². The summed E-state index contributed by atoms with van der Waals surface area (Å²) < 4.78 is 53.4. The summed E-state index contributed by atoms with van der Waals surface area (Å²) in [6.07, 6.45) is 24.5. The number of hydrogen-bond donors (Lipinski definition) is 0. The predicted octanol–water partition coefficient (Wildman–Crippen LogP) is 8.18. The SMILES string of the molecule is C[Si]1(CCCC2CC3OC3C2)O[Si](C)(CCCC2CC3OC3C2)O[Si](C)(CCCC2CC3OC3C2)O[Si](C)(CCCC2CC3OC3C2)O1. The molecule has 5 saturated heterocycles. The van der Waals surface area contributed by atoms with Gasteiger partial charge in [0.05, 0.1) is 48.8 Å². The van der Waals surface area contributed by atoms with Gasteiger partial charge in [0.25, 0.3) is 0 Å². The second-order valence-corrected chi connectivity index (χ2v) is 33.1. The summed E-state index contributed by atoms with van der Waals surface area (Å²) in [6, 6.07) is 4.26. The van der Waals surface area contributed by atoms with Crippen LogP contribution in [0, 0.1) is 23.7 Å². The molecule has 0 radical (unpaired) electrons. The molecule has 0 amide bonds. The van der Waals surface area contributed by atoms with Gasteiger partial charge < -0.3 is 35.4 Å². The smallest absolute Gasteiger partial charge is 0.317 e. The van der Waals surface area contributed by atoms with Gasteiger partial charge in [-0.25, -0.2) is 0 Å². The Morgan fingerprint density at radius 3 is 0.708 bits per heavy atom. The average Bonchev–Trinajstić information content (AvgIpc) is 3.99. The molecular formula is C36H64O8Si4. The molecule has 8 unspecified atom stereocenters. The van der Waals surface area contributed by atoms with E-state index in [1.54, 1.807) is 0 Å². The lowest BCUT2D eigenvalue weighted by Crippen LogP contribution is -2.67. The van der Waals surface area contributed by atoms with Crippen molar-refractivity contribution < 1.29 is 35.4 Å². The Morgan fingerprint density at radius 2 is 0.521 bits per heavy atom. The van der Waals surface area contributed by atoms with E-state index in [0.29, 0.717) is 48.8 Å². The molecule has 9 aliphatic rings. The lowest BCUT2D eigenvalue weighted by molar-refractivity contribution is 0.215. The molecule has 0 bridgehead atoms. The van der Waals surface area contributed by atoms with Crippen LogP contribution in [0.3, 0.4) is 0 Å². The van der Waals surface area contributed by atoms with Crippen LogP contribution in [-0.2, 0) is 35.4 Å². The van der Waals surface area contributed by atoms with Crippen molar-refractivity contribution in [2.24, 2.45) is 23.7 Å². The maximum atomic E-state index is 7.59. The van der Waals surface area contributed by atoms with E-state index in [1.165, 1.54) is 103 Å². The maximum absolute atomic E-state index is 7.59. The number of epoxide rings is 4. The minimum Gasteiger partial charge on any atom is -0.416 e. The van der Waals surface area contributed by atoms with Crippen molar-refractivity contribution >= 4 is 34.2 Å². The van der Waals surface area contributed by atoms with Crippen LogP contribution < -0.4 is 0 Å². The predicted molar refractivity (Wildman–Crippen MR) is 193 cm³/mol. The first-order valence-corrected chi connectivity index (χ1v) is 30.5. The first kappa shape index (κ1) is 34.3. The van der Waals surface area contributed by atoms with Crippen LogP contribution >= 0.6 is 0 Å². The van der Waals surface area contributed by atoms with Crippen LogP contribution in [0.2, 0.25) is 50.4 Å². The molecule has 0 aromatic heterocycles. The fourth-order valence-corrected chi connectivity index (χ4v) is 34.9. The number of hydrogen-bond acceptors (Lipinski definition) is 8. The zero-order valence-electron chi connectivity index (χ0n) is 30.3. The van der Waals surface area contributed by atoms with Gasteiger partial charge in [0.2, 0.25) is 0 Å². The van der Waals surface area contributed by atoms with Gasteiger partial charge in [-0.3, -0.25) is 0 Å². The monoisotopic (exact) mass is 736 g/mol. The number of rotatable bonds is 16. The zero-order valence-corrected chi connectivity index (χ0v) is 34.3. The summed E-state index contributed by atoms with van der Waals surface area (Å²) in [5, 5.41) is 0. The van der Waals surface area contributed by atoms with Crippen molar-refractivity contribution in [1.29, 1.82) is 0 Å². The molecule has 0 aromatic rings. The fraction of sp³-hybridized carbons (Fsp3) is 1.00. The molecule has 12 heteroatoms. The molecule has 48 heavy (non-hydrogen) atoms. The standard InChI is InChI=1S/C36H64O8Si4/c1-45(13-5-9-25-17-29-30(18-25)37-29)41-46(2,14-6-10-26-19-31-32(20-26)38-31)43-48(4,16-8-12-28-23-35-36(24-28)40-35)44-47(3,42-45)15-7-11-27-21-33-34(22-27)39-33/h25-36H,5-24H2,1-4H3. The van der Waals surface area contributed by atoms with Crippen molar-refractivity contribution in [1.82, 2.24) is 0 Å². The number of fused-ring (bicyclic) bond motifs is 4. The molecule has 272 valence electrons. The van der Waals surface area contributed by atoms with Gasteiger partial charge in [-0.2, -0.15) is 0 Å². The molecule has 5 heterocycles. The zero-order chi connectivity index (χ0) is 32.7. The lowest BCUT2D eigenvalue weighted by atomic mass is 10.0. The van der Waals surface area contributed by atoms with Gasteiger partial charge in [0, 0.05) is 0 Å². The number of ether oxygens (including phenoxy) is 4. The van der Waals surface area contributed by atoms with Crippen LogP contribution in [0.4, 0.5) is 0 Å². The third-order valence-corrected chi connectivity index (χ3v) is 32.8. The second-order valence-electron chi connectivity index (χ2n) is 18.7. The maximum Gasteiger partial charge on any atom is 0.317 e. The molecule has 4 aliphatic carbocycles. The largest absolute Gasteiger partial charge is 0.416 e. The minimum absolute atomic E-state index is 0.565. The first-order valence-electron chi connectivity index (χ1n) is 20.4. The molecule has 8 atom stereocenters. The van der Waals surface area contributed by atoms with Crippen molar-refractivity contribution in [3.8, 4) is 0 Å². The summed E-state index contributed by atoms with van der Waals surface area (Å²) in [7, 11) is -10.2. The van der Waals surface area contributed by atoms with E-state index in [4.69, 9.17) is 35.4 Å². The quantitative estimate of drug-likeness (QED) is 0.116. The van der Waals surface area contributed by atoms with Gasteiger partial charge in [-0.1, -0.05) is 51.4 Å². The Hall–Kier alpha value is 0.548. The van der Waals surface area contributed by atoms with Crippen molar-refractivity contribution in [3.63, 3.8) is 0 Å². The van der Waals surface area contributed by atoms with Gasteiger partial charge in [0.15, 0.2) is 0 Å². The van der Waals surface area contributed by atoms with Crippen LogP contribution in [0.15, 0.2) is 0 Å². The summed E-state index contributed by atoms with van der Waals surface area (Å²) in [5.41, 5.74) is 0. The molecule has 9 fully saturated rings. The molecule has 4 saturated carbocycles. The topological polar surface area (TPSA) is 87.0 Å². The molecule has 0 spiro atoms. The Kier molecular flexibility index (Phi) is 9.40. The van der Waals surface area contributed by atoms with Crippen molar-refractivity contribution in [2.75, 3.05) is 0 Å².